The number of methoxy groups -OCH3 is 1. The van der Waals surface area contributed by atoms with Crippen LogP contribution < -0.4 is 9.47 Å². The van der Waals surface area contributed by atoms with Crippen molar-refractivity contribution in [1.29, 1.82) is 0 Å². The number of nitrogens with zero attached hydrogens (tertiary/aromatic N) is 1. The zero-order valence-corrected chi connectivity index (χ0v) is 10.7. The lowest BCUT2D eigenvalue weighted by atomic mass is 10.2. The molecule has 2 aromatic rings. The average molecular weight is 284 g/mol. The van der Waals surface area contributed by atoms with E-state index < -0.39 is 5.97 Å². The Bertz CT molecular complexity index is 582. The molecule has 0 atom stereocenters. The van der Waals surface area contributed by atoms with Gasteiger partial charge in [-0.2, -0.15) is 0 Å². The van der Waals surface area contributed by atoms with Gasteiger partial charge in [-0.3, -0.25) is 0 Å². The first kappa shape index (κ1) is 13.2. The number of aromatic nitrogens is 1. The zero-order valence-electron chi connectivity index (χ0n) is 9.92. The fourth-order valence-electron chi connectivity index (χ4n) is 1.44. The highest BCUT2D eigenvalue weighted by Gasteiger charge is 2.15. The maximum Gasteiger partial charge on any atom is 0.335 e. The fourth-order valence-corrected chi connectivity index (χ4v) is 1.71. The molecule has 6 nitrogen and oxygen atoms in total. The van der Waals surface area contributed by atoms with E-state index in [0.29, 0.717) is 5.69 Å². The lowest BCUT2D eigenvalue weighted by Crippen LogP contribution is -2.02. The van der Waals surface area contributed by atoms with Gasteiger partial charge in [0, 0.05) is 6.07 Å². The molecule has 19 heavy (non-hydrogen) atoms. The van der Waals surface area contributed by atoms with Crippen LogP contribution in [0.1, 0.15) is 16.1 Å². The summed E-state index contributed by atoms with van der Waals surface area (Å²) in [6, 6.07) is 4.28. The highest BCUT2D eigenvalue weighted by Crippen LogP contribution is 2.36. The predicted octanol–water partition coefficient (Wildman–Crippen LogP) is 2.61. The van der Waals surface area contributed by atoms with E-state index in [1.165, 1.54) is 25.5 Å². The number of carboxylic acids is 1. The van der Waals surface area contributed by atoms with Crippen molar-refractivity contribution in [3.63, 3.8) is 0 Å². The second-order valence-electron chi connectivity index (χ2n) is 3.57. The summed E-state index contributed by atoms with van der Waals surface area (Å²) in [5.74, 6) is -0.589. The smallest absolute Gasteiger partial charge is 0.335 e. The second-order valence-corrected chi connectivity index (χ2v) is 3.98. The van der Waals surface area contributed by atoms with Crippen LogP contribution in [0.3, 0.4) is 0 Å². The Balaban J connectivity index is 2.26. The van der Waals surface area contributed by atoms with E-state index in [-0.39, 0.29) is 28.7 Å². The highest BCUT2D eigenvalue weighted by molar-refractivity contribution is 6.32. The Morgan fingerprint density at radius 3 is 2.89 bits per heavy atom. The van der Waals surface area contributed by atoms with Crippen molar-refractivity contribution in [2.45, 2.75) is 6.61 Å². The fraction of sp³-hybridized carbons (Fsp3) is 0.167. The molecule has 1 heterocycles. The van der Waals surface area contributed by atoms with Gasteiger partial charge in [-0.05, 0) is 12.1 Å². The van der Waals surface area contributed by atoms with Gasteiger partial charge in [-0.15, -0.1) is 0 Å². The van der Waals surface area contributed by atoms with Gasteiger partial charge in [0.1, 0.15) is 18.6 Å². The molecule has 0 aliphatic heterocycles. The van der Waals surface area contributed by atoms with Crippen LogP contribution in [0.2, 0.25) is 5.02 Å². The minimum absolute atomic E-state index is 0.0237. The number of aromatic carboxylic acids is 1. The molecular weight excluding hydrogens is 274 g/mol. The topological polar surface area (TPSA) is 81.8 Å². The van der Waals surface area contributed by atoms with Gasteiger partial charge in [-0.25, -0.2) is 4.79 Å². The van der Waals surface area contributed by atoms with Gasteiger partial charge in [0.15, 0.2) is 11.5 Å². The molecule has 0 aliphatic carbocycles. The monoisotopic (exact) mass is 283 g/mol. The molecule has 0 bridgehead atoms. The Morgan fingerprint density at radius 1 is 1.53 bits per heavy atom. The van der Waals surface area contributed by atoms with Gasteiger partial charge in [0.25, 0.3) is 0 Å². The zero-order chi connectivity index (χ0) is 13.8. The van der Waals surface area contributed by atoms with E-state index in [0.717, 1.165) is 0 Å². The molecule has 0 saturated carbocycles. The summed E-state index contributed by atoms with van der Waals surface area (Å²) in [6.07, 6.45) is 1.42. The van der Waals surface area contributed by atoms with E-state index >= 15 is 0 Å². The highest BCUT2D eigenvalue weighted by atomic mass is 35.5. The van der Waals surface area contributed by atoms with Crippen molar-refractivity contribution >= 4 is 17.6 Å². The number of carbonyl (C=O) groups is 1. The molecule has 100 valence electrons. The first-order chi connectivity index (χ1) is 9.11. The first-order valence-corrected chi connectivity index (χ1v) is 5.62. The summed E-state index contributed by atoms with van der Waals surface area (Å²) < 4.78 is 15.2. The SMILES string of the molecule is COc1cc(C(=O)O)cc(Cl)c1OCc1ccon1. The van der Waals surface area contributed by atoms with Crippen LogP contribution in [0.25, 0.3) is 0 Å². The van der Waals surface area contributed by atoms with Gasteiger partial charge < -0.3 is 19.1 Å². The summed E-state index contributed by atoms with van der Waals surface area (Å²) in [5.41, 5.74) is 0.607. The van der Waals surface area contributed by atoms with E-state index in [2.05, 4.69) is 9.68 Å². The van der Waals surface area contributed by atoms with E-state index in [9.17, 15) is 4.79 Å². The summed E-state index contributed by atoms with van der Waals surface area (Å²) in [7, 11) is 1.40. The molecule has 7 heteroatoms. The molecule has 0 radical (unpaired) electrons. The molecule has 2 rings (SSSR count). The largest absolute Gasteiger partial charge is 0.493 e. The summed E-state index contributed by atoms with van der Waals surface area (Å²) >= 11 is 5.99. The van der Waals surface area contributed by atoms with Crippen molar-refractivity contribution in [3.8, 4) is 11.5 Å². The molecular formula is C12H10ClNO5. The molecule has 0 spiro atoms. The molecule has 0 fully saturated rings. The standard InChI is InChI=1S/C12H10ClNO5/c1-17-10-5-7(12(15)16)4-9(13)11(10)18-6-8-2-3-19-14-8/h2-5H,6H2,1H3,(H,15,16). The number of ether oxygens (including phenoxy) is 2. The Morgan fingerprint density at radius 2 is 2.32 bits per heavy atom. The molecule has 0 unspecified atom stereocenters. The van der Waals surface area contributed by atoms with E-state index in [1.807, 2.05) is 0 Å². The number of halogens is 1. The number of rotatable bonds is 5. The minimum atomic E-state index is -1.09. The normalized spacial score (nSPS) is 10.2. The Labute approximate surface area is 113 Å². The Hall–Kier alpha value is -2.21. The van der Waals surface area contributed by atoms with Crippen molar-refractivity contribution in [3.05, 3.63) is 40.7 Å². The molecule has 0 saturated heterocycles. The number of hydrogen-bond donors (Lipinski definition) is 1. The molecule has 1 aromatic heterocycles. The van der Waals surface area contributed by atoms with Crippen LogP contribution in [-0.2, 0) is 6.61 Å². The van der Waals surface area contributed by atoms with Gasteiger partial charge in [0.05, 0.1) is 17.7 Å². The van der Waals surface area contributed by atoms with Crippen LogP contribution in [0.4, 0.5) is 0 Å². The summed E-state index contributed by atoms with van der Waals surface area (Å²) in [4.78, 5) is 10.9. The van der Waals surface area contributed by atoms with Crippen LogP contribution in [0.5, 0.6) is 11.5 Å². The van der Waals surface area contributed by atoms with Gasteiger partial charge in [-0.1, -0.05) is 16.8 Å². The van der Waals surface area contributed by atoms with Crippen LogP contribution >= 0.6 is 11.6 Å². The lowest BCUT2D eigenvalue weighted by Gasteiger charge is -2.12. The summed E-state index contributed by atoms with van der Waals surface area (Å²) in [5, 5.41) is 12.8. The maximum atomic E-state index is 10.9. The minimum Gasteiger partial charge on any atom is -0.493 e. The summed E-state index contributed by atoms with van der Waals surface area (Å²) in [6.45, 7) is 0.138. The lowest BCUT2D eigenvalue weighted by molar-refractivity contribution is 0.0696. The van der Waals surface area contributed by atoms with Gasteiger partial charge >= 0.3 is 5.97 Å². The molecule has 0 amide bonds. The van der Waals surface area contributed by atoms with E-state index in [4.69, 9.17) is 26.2 Å². The quantitative estimate of drug-likeness (QED) is 0.908. The molecule has 1 N–H and O–H groups in total. The third-order valence-corrected chi connectivity index (χ3v) is 2.61. The van der Waals surface area contributed by atoms with Crippen molar-refractivity contribution in [1.82, 2.24) is 5.16 Å². The average Bonchev–Trinajstić information content (AvgIpc) is 2.89. The van der Waals surface area contributed by atoms with Crippen LogP contribution in [0.15, 0.2) is 29.0 Å². The second kappa shape index (κ2) is 5.62. The molecule has 0 aliphatic rings. The van der Waals surface area contributed by atoms with Gasteiger partial charge in [0.2, 0.25) is 0 Å². The molecule has 1 aromatic carbocycles. The number of benzene rings is 1. The third kappa shape index (κ3) is 2.97. The predicted molar refractivity (Wildman–Crippen MR) is 65.8 cm³/mol. The van der Waals surface area contributed by atoms with Crippen LogP contribution in [-0.4, -0.2) is 23.3 Å². The Kier molecular flexibility index (Phi) is 3.91. The van der Waals surface area contributed by atoms with Crippen LogP contribution in [0, 0.1) is 0 Å². The van der Waals surface area contributed by atoms with Crippen molar-refractivity contribution in [2.24, 2.45) is 0 Å². The van der Waals surface area contributed by atoms with Crippen molar-refractivity contribution in [2.75, 3.05) is 7.11 Å². The van der Waals surface area contributed by atoms with Crippen molar-refractivity contribution < 1.29 is 23.9 Å². The van der Waals surface area contributed by atoms with E-state index in [1.54, 1.807) is 6.07 Å². The number of hydrogen-bond acceptors (Lipinski definition) is 5. The first-order valence-electron chi connectivity index (χ1n) is 5.24. The third-order valence-electron chi connectivity index (χ3n) is 2.33. The maximum absolute atomic E-state index is 10.9. The number of carboxylic acid groups (broad SMARTS) is 1.